The van der Waals surface area contributed by atoms with Crippen LogP contribution in [-0.4, -0.2) is 66.3 Å². The van der Waals surface area contributed by atoms with Gasteiger partial charge in [0.1, 0.15) is 17.9 Å². The first-order chi connectivity index (χ1) is 20.7. The van der Waals surface area contributed by atoms with Crippen molar-refractivity contribution in [3.8, 4) is 0 Å². The highest BCUT2D eigenvalue weighted by molar-refractivity contribution is 5.98. The van der Waals surface area contributed by atoms with Crippen molar-refractivity contribution in [2.24, 2.45) is 11.8 Å². The fourth-order valence-corrected chi connectivity index (χ4v) is 5.60. The summed E-state index contributed by atoms with van der Waals surface area (Å²) in [6.45, 7) is 2.98. The number of hydrogen-bond donors (Lipinski definition) is 3. The molecule has 0 bridgehead atoms. The first-order valence-corrected chi connectivity index (χ1v) is 14.4. The van der Waals surface area contributed by atoms with Gasteiger partial charge in [0.25, 0.3) is 5.91 Å². The number of urea groups is 1. The lowest BCUT2D eigenvalue weighted by Gasteiger charge is -2.33. The molecule has 2 heterocycles. The topological polar surface area (TPSA) is 113 Å². The van der Waals surface area contributed by atoms with Crippen LogP contribution in [0.5, 0.6) is 0 Å². The molecule has 2 aliphatic rings. The summed E-state index contributed by atoms with van der Waals surface area (Å²) in [6.07, 6.45) is -0.785. The van der Waals surface area contributed by atoms with Crippen LogP contribution in [0.1, 0.15) is 55.3 Å². The number of amides is 4. The van der Waals surface area contributed by atoms with Crippen LogP contribution in [0.3, 0.4) is 0 Å². The monoisotopic (exact) mass is 625 g/mol. The molecule has 4 rings (SSSR count). The Labute approximate surface area is 251 Å². The van der Waals surface area contributed by atoms with Crippen LogP contribution < -0.4 is 16.0 Å². The van der Waals surface area contributed by atoms with Crippen molar-refractivity contribution in [2.75, 3.05) is 25.6 Å². The van der Waals surface area contributed by atoms with E-state index >= 15 is 8.78 Å². The number of halogens is 5. The molecule has 3 atom stereocenters. The molecule has 2 unspecified atom stereocenters. The first kappa shape index (κ1) is 33.1. The molecular weight excluding hydrogens is 589 g/mol. The van der Waals surface area contributed by atoms with Crippen molar-refractivity contribution in [1.29, 1.82) is 0 Å². The number of aryl methyl sites for hydroxylation is 1. The average molecular weight is 626 g/mol. The van der Waals surface area contributed by atoms with Crippen LogP contribution in [-0.2, 0) is 20.2 Å². The third-order valence-corrected chi connectivity index (χ3v) is 8.25. The Kier molecular flexibility index (Phi) is 10.1. The molecule has 0 spiro atoms. The summed E-state index contributed by atoms with van der Waals surface area (Å²) in [5.74, 6) is -6.33. The van der Waals surface area contributed by atoms with E-state index < -0.39 is 66.1 Å². The van der Waals surface area contributed by atoms with Gasteiger partial charge in [-0.3, -0.25) is 9.59 Å². The summed E-state index contributed by atoms with van der Waals surface area (Å²) < 4.78 is 75.4. The molecule has 0 radical (unpaired) electrons. The van der Waals surface area contributed by atoms with E-state index in [0.717, 1.165) is 35.4 Å². The number of nitrogens with zero attached hydrogens (tertiary/aromatic N) is 2. The number of nitrogens with one attached hydrogen (secondary N) is 3. The Bertz CT molecular complexity index is 1330. The van der Waals surface area contributed by atoms with Gasteiger partial charge in [-0.25, -0.2) is 9.78 Å². The van der Waals surface area contributed by atoms with Gasteiger partial charge in [-0.15, -0.1) is 0 Å². The van der Waals surface area contributed by atoms with Crippen LogP contribution in [0.2, 0.25) is 0 Å². The number of aromatic nitrogens is 1. The molecule has 4 amide bonds. The van der Waals surface area contributed by atoms with E-state index in [-0.39, 0.29) is 12.4 Å². The fourth-order valence-electron chi connectivity index (χ4n) is 5.60. The zero-order chi connectivity index (χ0) is 32.2. The van der Waals surface area contributed by atoms with Crippen molar-refractivity contribution in [3.63, 3.8) is 0 Å². The molecule has 240 valence electrons. The summed E-state index contributed by atoms with van der Waals surface area (Å²) in [6, 6.07) is 2.86. The van der Waals surface area contributed by atoms with E-state index in [2.05, 4.69) is 22.5 Å². The molecule has 9 nitrogen and oxygen atoms in total. The van der Waals surface area contributed by atoms with E-state index in [9.17, 15) is 27.6 Å². The smallest absolute Gasteiger partial charge is 0.382 e. The van der Waals surface area contributed by atoms with E-state index in [0.29, 0.717) is 24.3 Å². The second-order valence-electron chi connectivity index (χ2n) is 11.5. The summed E-state index contributed by atoms with van der Waals surface area (Å²) in [5.41, 5.74) is 0.564. The maximum atomic E-state index is 15.2. The van der Waals surface area contributed by atoms with Crippen molar-refractivity contribution < 1.29 is 41.1 Å². The van der Waals surface area contributed by atoms with Crippen molar-refractivity contribution in [3.05, 3.63) is 59.3 Å². The van der Waals surface area contributed by atoms with Crippen LogP contribution >= 0.6 is 0 Å². The maximum Gasteiger partial charge on any atom is 0.410 e. The second kappa shape index (κ2) is 13.4. The van der Waals surface area contributed by atoms with Crippen molar-refractivity contribution in [2.45, 2.75) is 69.8 Å². The van der Waals surface area contributed by atoms with Crippen LogP contribution in [0.15, 0.2) is 42.6 Å². The van der Waals surface area contributed by atoms with Gasteiger partial charge in [-0.1, -0.05) is 49.6 Å². The van der Waals surface area contributed by atoms with Gasteiger partial charge < -0.3 is 25.6 Å². The summed E-state index contributed by atoms with van der Waals surface area (Å²) in [7, 11) is 1.33. The van der Waals surface area contributed by atoms with Gasteiger partial charge in [0.15, 0.2) is 0 Å². The summed E-state index contributed by atoms with van der Waals surface area (Å²) in [4.78, 5) is 44.0. The summed E-state index contributed by atoms with van der Waals surface area (Å²) in [5, 5.41) is 6.78. The van der Waals surface area contributed by atoms with E-state index in [1.807, 2.05) is 5.32 Å². The molecule has 44 heavy (non-hydrogen) atoms. The number of alkyl halides is 5. The molecule has 2 aromatic rings. The minimum absolute atomic E-state index is 0.0331. The predicted molar refractivity (Wildman–Crippen MR) is 151 cm³/mol. The molecule has 1 aromatic heterocycles. The Morgan fingerprint density at radius 1 is 1.09 bits per heavy atom. The van der Waals surface area contributed by atoms with E-state index in [4.69, 9.17) is 4.74 Å². The van der Waals surface area contributed by atoms with Crippen molar-refractivity contribution >= 4 is 23.7 Å². The number of ether oxygens (including phenoxy) is 1. The highest BCUT2D eigenvalue weighted by Gasteiger charge is 2.49. The summed E-state index contributed by atoms with van der Waals surface area (Å²) >= 11 is 0. The number of anilines is 1. The number of methoxy groups -OCH3 is 1. The lowest BCUT2D eigenvalue weighted by atomic mass is 9.79. The molecule has 1 aliphatic heterocycles. The van der Waals surface area contributed by atoms with Gasteiger partial charge in [0, 0.05) is 18.9 Å². The normalized spacial score (nSPS) is 22.2. The lowest BCUT2D eigenvalue weighted by molar-refractivity contribution is -0.150. The number of pyridine rings is 1. The predicted octanol–water partition coefficient (Wildman–Crippen LogP) is 5.08. The molecule has 1 saturated heterocycles. The minimum atomic E-state index is -4.65. The molecule has 1 aliphatic carbocycles. The molecule has 1 saturated carbocycles. The van der Waals surface area contributed by atoms with Crippen LogP contribution in [0.25, 0.3) is 0 Å². The van der Waals surface area contributed by atoms with Gasteiger partial charge in [0.2, 0.25) is 5.91 Å². The zero-order valence-corrected chi connectivity index (χ0v) is 24.6. The van der Waals surface area contributed by atoms with Gasteiger partial charge in [0.05, 0.1) is 19.2 Å². The Morgan fingerprint density at radius 2 is 1.75 bits per heavy atom. The second-order valence-corrected chi connectivity index (χ2v) is 11.5. The minimum Gasteiger partial charge on any atom is -0.382 e. The maximum absolute atomic E-state index is 15.2. The Hall–Kier alpha value is -3.81. The largest absolute Gasteiger partial charge is 0.410 e. The zero-order valence-electron chi connectivity index (χ0n) is 24.6. The molecule has 3 N–H and O–H groups in total. The molecule has 1 aromatic carbocycles. The number of hydrogen-bond acceptors (Lipinski definition) is 5. The quantitative estimate of drug-likeness (QED) is 0.319. The standard InChI is InChI=1S/C30H36F5N5O4/c1-17-4-8-19(9-5-17)25(39-27(42)29(31,32)21-10-6-18(2)7-11-21)26(41)38-24-14-20(12-13-36-24)22(16-44-3)40-15-23(30(33,34)35)37-28(40)43/h6-7,10-14,17,19,22-23,25H,4-5,8-9,15-16H2,1-3H3,(H,37,43)(H,39,42)(H,36,38,41)/t17?,19?,22?,23-,25?/m1/s1. The number of benzene rings is 1. The molecular formula is C30H36F5N5O4. The lowest BCUT2D eigenvalue weighted by Crippen LogP contribution is -2.53. The average Bonchev–Trinajstić information content (AvgIpc) is 3.37. The fraction of sp³-hybridized carbons (Fsp3) is 0.533. The highest BCUT2D eigenvalue weighted by Crippen LogP contribution is 2.34. The van der Waals surface area contributed by atoms with Gasteiger partial charge in [-0.2, -0.15) is 22.0 Å². The third-order valence-electron chi connectivity index (χ3n) is 8.25. The number of carbonyl (C=O) groups excluding carboxylic acids is 3. The van der Waals surface area contributed by atoms with Gasteiger partial charge in [-0.05, 0) is 49.3 Å². The molecule has 14 heteroatoms. The van der Waals surface area contributed by atoms with Crippen molar-refractivity contribution in [1.82, 2.24) is 20.5 Å². The SMILES string of the molecule is COCC(c1ccnc(NC(=O)C(NC(=O)C(F)(F)c2ccc(C)cc2)C2CCC(C)CC2)c1)N1C[C@H](C(F)(F)F)NC1=O. The Morgan fingerprint density at radius 3 is 2.34 bits per heavy atom. The van der Waals surface area contributed by atoms with Gasteiger partial charge >= 0.3 is 18.1 Å². The van der Waals surface area contributed by atoms with Crippen LogP contribution in [0, 0.1) is 18.8 Å². The number of rotatable bonds is 10. The first-order valence-electron chi connectivity index (χ1n) is 14.4. The third kappa shape index (κ3) is 7.63. The number of carbonyl (C=O) groups is 3. The Balaban J connectivity index is 1.55. The molecule has 2 fully saturated rings. The van der Waals surface area contributed by atoms with Crippen LogP contribution in [0.4, 0.5) is 32.6 Å². The van der Waals surface area contributed by atoms with E-state index in [1.165, 1.54) is 37.6 Å². The van der Waals surface area contributed by atoms with E-state index in [1.54, 1.807) is 6.92 Å². The highest BCUT2D eigenvalue weighted by atomic mass is 19.4.